The molecule has 1 aliphatic rings. The Morgan fingerprint density at radius 1 is 0.941 bits per heavy atom. The Hall–Kier alpha value is -3.29. The van der Waals surface area contributed by atoms with Crippen LogP contribution in [0.25, 0.3) is 0 Å². The van der Waals surface area contributed by atoms with Gasteiger partial charge in [0.2, 0.25) is 0 Å². The zero-order chi connectivity index (χ0) is 24.3. The second kappa shape index (κ2) is 12.8. The first kappa shape index (κ1) is 25.3. The third-order valence-corrected chi connectivity index (χ3v) is 5.82. The maximum Gasteiger partial charge on any atom is 0.339 e. The van der Waals surface area contributed by atoms with Gasteiger partial charge in [0.25, 0.3) is 5.91 Å². The number of esters is 1. The van der Waals surface area contributed by atoms with Gasteiger partial charge in [0.05, 0.1) is 25.9 Å². The topological polar surface area (TPSA) is 81.2 Å². The van der Waals surface area contributed by atoms with E-state index in [9.17, 15) is 9.59 Å². The molecule has 1 amide bonds. The molecule has 1 aromatic heterocycles. The van der Waals surface area contributed by atoms with Crippen LogP contribution in [0, 0.1) is 0 Å². The van der Waals surface area contributed by atoms with Crippen LogP contribution in [0.1, 0.15) is 60.2 Å². The lowest BCUT2D eigenvalue weighted by atomic mass is 10.1. The number of aromatic nitrogens is 1. The van der Waals surface area contributed by atoms with E-state index >= 15 is 0 Å². The van der Waals surface area contributed by atoms with Crippen LogP contribution >= 0.6 is 0 Å². The van der Waals surface area contributed by atoms with Crippen LogP contribution in [0.4, 0.5) is 5.82 Å². The molecule has 0 spiro atoms. The van der Waals surface area contributed by atoms with E-state index in [0.717, 1.165) is 18.7 Å². The molecular weight excluding hydrogens is 434 g/mol. The SMILES string of the molecule is CCCCCCOc1ccc(C(=O)N2CCN(c3ccc(C(=O)OCC)cn3)CC2)cc1OC. The molecule has 0 aliphatic carbocycles. The summed E-state index contributed by atoms with van der Waals surface area (Å²) in [7, 11) is 1.59. The molecule has 1 aromatic carbocycles. The van der Waals surface area contributed by atoms with Gasteiger partial charge in [0, 0.05) is 37.9 Å². The molecule has 0 saturated carbocycles. The minimum absolute atomic E-state index is 0.0296. The summed E-state index contributed by atoms with van der Waals surface area (Å²) in [5.74, 6) is 1.61. The molecule has 0 atom stereocenters. The van der Waals surface area contributed by atoms with Gasteiger partial charge in [0.15, 0.2) is 11.5 Å². The van der Waals surface area contributed by atoms with Crippen molar-refractivity contribution in [2.45, 2.75) is 39.5 Å². The zero-order valence-corrected chi connectivity index (χ0v) is 20.4. The second-order valence-electron chi connectivity index (χ2n) is 8.18. The Kier molecular flexibility index (Phi) is 9.55. The highest BCUT2D eigenvalue weighted by atomic mass is 16.5. The summed E-state index contributed by atoms with van der Waals surface area (Å²) in [6.45, 7) is 7.41. The summed E-state index contributed by atoms with van der Waals surface area (Å²) >= 11 is 0. The van der Waals surface area contributed by atoms with Crippen LogP contribution in [-0.2, 0) is 4.74 Å². The van der Waals surface area contributed by atoms with E-state index in [1.807, 2.05) is 17.0 Å². The number of piperazine rings is 1. The molecule has 2 aromatic rings. The molecule has 0 bridgehead atoms. The highest BCUT2D eigenvalue weighted by molar-refractivity contribution is 5.95. The van der Waals surface area contributed by atoms with Gasteiger partial charge in [-0.3, -0.25) is 4.79 Å². The average molecular weight is 470 g/mol. The molecular formula is C26H35N3O5. The number of amides is 1. The fourth-order valence-corrected chi connectivity index (χ4v) is 3.86. The van der Waals surface area contributed by atoms with Gasteiger partial charge in [0.1, 0.15) is 5.82 Å². The maximum absolute atomic E-state index is 13.1. The van der Waals surface area contributed by atoms with Gasteiger partial charge in [-0.05, 0) is 43.7 Å². The number of hydrogen-bond acceptors (Lipinski definition) is 7. The van der Waals surface area contributed by atoms with Crippen LogP contribution in [0.2, 0.25) is 0 Å². The fraction of sp³-hybridized carbons (Fsp3) is 0.500. The maximum atomic E-state index is 13.1. The molecule has 1 fully saturated rings. The van der Waals surface area contributed by atoms with Gasteiger partial charge in [-0.2, -0.15) is 0 Å². The first-order valence-electron chi connectivity index (χ1n) is 12.1. The second-order valence-corrected chi connectivity index (χ2v) is 8.18. The summed E-state index contributed by atoms with van der Waals surface area (Å²) in [5.41, 5.74) is 1.02. The fourth-order valence-electron chi connectivity index (χ4n) is 3.86. The number of nitrogens with zero attached hydrogens (tertiary/aromatic N) is 3. The van der Waals surface area contributed by atoms with Crippen LogP contribution < -0.4 is 14.4 Å². The van der Waals surface area contributed by atoms with Crippen molar-refractivity contribution in [3.05, 3.63) is 47.7 Å². The lowest BCUT2D eigenvalue weighted by Gasteiger charge is -2.35. The smallest absolute Gasteiger partial charge is 0.339 e. The van der Waals surface area contributed by atoms with Crippen molar-refractivity contribution in [3.63, 3.8) is 0 Å². The Balaban J connectivity index is 1.55. The molecule has 0 radical (unpaired) electrons. The lowest BCUT2D eigenvalue weighted by molar-refractivity contribution is 0.0525. The summed E-state index contributed by atoms with van der Waals surface area (Å²) < 4.78 is 16.3. The number of benzene rings is 1. The number of rotatable bonds is 11. The third kappa shape index (κ3) is 6.62. The van der Waals surface area contributed by atoms with Crippen LogP contribution in [0.3, 0.4) is 0 Å². The molecule has 184 valence electrons. The first-order valence-corrected chi connectivity index (χ1v) is 12.1. The Morgan fingerprint density at radius 2 is 1.71 bits per heavy atom. The van der Waals surface area contributed by atoms with Crippen LogP contribution in [0.15, 0.2) is 36.5 Å². The first-order chi connectivity index (χ1) is 16.6. The monoisotopic (exact) mass is 469 g/mol. The molecule has 1 saturated heterocycles. The number of pyridine rings is 1. The normalized spacial score (nSPS) is 13.5. The van der Waals surface area contributed by atoms with Gasteiger partial charge >= 0.3 is 5.97 Å². The van der Waals surface area contributed by atoms with Crippen molar-refractivity contribution in [1.29, 1.82) is 0 Å². The zero-order valence-electron chi connectivity index (χ0n) is 20.4. The largest absolute Gasteiger partial charge is 0.493 e. The molecule has 0 N–H and O–H groups in total. The Morgan fingerprint density at radius 3 is 2.35 bits per heavy atom. The van der Waals surface area contributed by atoms with E-state index in [1.165, 1.54) is 19.0 Å². The van der Waals surface area contributed by atoms with E-state index in [4.69, 9.17) is 14.2 Å². The number of unbranched alkanes of at least 4 members (excludes halogenated alkanes) is 3. The van der Waals surface area contributed by atoms with Crippen molar-refractivity contribution in [2.24, 2.45) is 0 Å². The van der Waals surface area contributed by atoms with Gasteiger partial charge < -0.3 is 24.0 Å². The van der Waals surface area contributed by atoms with Crippen molar-refractivity contribution in [1.82, 2.24) is 9.88 Å². The van der Waals surface area contributed by atoms with E-state index in [0.29, 0.717) is 62.0 Å². The summed E-state index contributed by atoms with van der Waals surface area (Å²) in [6, 6.07) is 8.91. The van der Waals surface area contributed by atoms with E-state index in [-0.39, 0.29) is 11.9 Å². The molecule has 34 heavy (non-hydrogen) atoms. The molecule has 0 unspecified atom stereocenters. The number of carbonyl (C=O) groups is 2. The Bertz CT molecular complexity index is 940. The predicted octanol–water partition coefficient (Wildman–Crippen LogP) is 4.19. The lowest BCUT2D eigenvalue weighted by Crippen LogP contribution is -2.49. The number of anilines is 1. The van der Waals surface area contributed by atoms with Crippen LogP contribution in [0.5, 0.6) is 11.5 Å². The van der Waals surface area contributed by atoms with E-state index in [1.54, 1.807) is 32.2 Å². The standard InChI is InChI=1S/C26H35N3O5/c1-4-6-7-8-17-34-22-11-9-20(18-23(22)32-3)25(30)29-15-13-28(14-16-29)24-12-10-21(19-27-24)26(31)33-5-2/h9-12,18-19H,4-8,13-17H2,1-3H3. The Labute approximate surface area is 201 Å². The number of hydrogen-bond donors (Lipinski definition) is 0. The van der Waals surface area contributed by atoms with Gasteiger partial charge in [-0.25, -0.2) is 9.78 Å². The highest BCUT2D eigenvalue weighted by Gasteiger charge is 2.24. The predicted molar refractivity (Wildman–Crippen MR) is 131 cm³/mol. The van der Waals surface area contributed by atoms with Crippen molar-refractivity contribution >= 4 is 17.7 Å². The third-order valence-electron chi connectivity index (χ3n) is 5.82. The minimum atomic E-state index is -0.375. The number of carbonyl (C=O) groups excluding carboxylic acids is 2. The quantitative estimate of drug-likeness (QED) is 0.361. The summed E-state index contributed by atoms with van der Waals surface area (Å²) in [6.07, 6.45) is 6.07. The number of methoxy groups -OCH3 is 1. The summed E-state index contributed by atoms with van der Waals surface area (Å²) in [4.78, 5) is 33.2. The van der Waals surface area contributed by atoms with Crippen molar-refractivity contribution < 1.29 is 23.8 Å². The van der Waals surface area contributed by atoms with E-state index in [2.05, 4.69) is 16.8 Å². The van der Waals surface area contributed by atoms with Crippen molar-refractivity contribution in [3.8, 4) is 11.5 Å². The molecule has 8 nitrogen and oxygen atoms in total. The van der Waals surface area contributed by atoms with E-state index < -0.39 is 0 Å². The van der Waals surface area contributed by atoms with Gasteiger partial charge in [-0.15, -0.1) is 0 Å². The summed E-state index contributed by atoms with van der Waals surface area (Å²) in [5, 5.41) is 0. The molecule has 1 aliphatic heterocycles. The van der Waals surface area contributed by atoms with Crippen LogP contribution in [-0.4, -0.2) is 68.3 Å². The molecule has 3 rings (SSSR count). The molecule has 2 heterocycles. The highest BCUT2D eigenvalue weighted by Crippen LogP contribution is 2.29. The number of ether oxygens (including phenoxy) is 3. The van der Waals surface area contributed by atoms with Crippen molar-refractivity contribution in [2.75, 3.05) is 51.4 Å². The van der Waals surface area contributed by atoms with Gasteiger partial charge in [-0.1, -0.05) is 26.2 Å². The average Bonchev–Trinajstić information content (AvgIpc) is 2.88. The minimum Gasteiger partial charge on any atom is -0.493 e. The molecule has 8 heteroatoms.